The van der Waals surface area contributed by atoms with Gasteiger partial charge in [-0.15, -0.1) is 0 Å². The predicted octanol–water partition coefficient (Wildman–Crippen LogP) is 5.88. The monoisotopic (exact) mass is 476 g/mol. The summed E-state index contributed by atoms with van der Waals surface area (Å²) >= 11 is 5.98. The van der Waals surface area contributed by atoms with Crippen molar-refractivity contribution in [3.8, 4) is 5.75 Å². The fourth-order valence-corrected chi connectivity index (χ4v) is 4.52. The molecule has 1 aliphatic rings. The number of hydrogen-bond acceptors (Lipinski definition) is 3. The summed E-state index contributed by atoms with van der Waals surface area (Å²) in [6.45, 7) is 4.68. The Kier molecular flexibility index (Phi) is 7.53. The number of anilines is 1. The second kappa shape index (κ2) is 10.7. The normalized spacial score (nSPS) is 15.1. The first-order valence-corrected chi connectivity index (χ1v) is 11.9. The highest BCUT2D eigenvalue weighted by molar-refractivity contribution is 6.30. The Morgan fingerprint density at radius 2 is 1.85 bits per heavy atom. The van der Waals surface area contributed by atoms with Crippen molar-refractivity contribution in [1.82, 2.24) is 4.90 Å². The lowest BCUT2D eigenvalue weighted by Gasteiger charge is -2.38. The van der Waals surface area contributed by atoms with Gasteiger partial charge in [-0.05, 0) is 59.4 Å². The molecule has 3 aromatic rings. The van der Waals surface area contributed by atoms with E-state index in [1.807, 2.05) is 41.3 Å². The highest BCUT2D eigenvalue weighted by Crippen LogP contribution is 2.37. The van der Waals surface area contributed by atoms with Gasteiger partial charge in [0.25, 0.3) is 5.91 Å². The number of rotatable bonds is 7. The van der Waals surface area contributed by atoms with Crippen LogP contribution in [-0.4, -0.2) is 29.9 Å². The number of fused-ring (bicyclic) bond motifs is 1. The first-order valence-electron chi connectivity index (χ1n) is 11.6. The summed E-state index contributed by atoms with van der Waals surface area (Å²) in [4.78, 5) is 27.5. The van der Waals surface area contributed by atoms with Crippen molar-refractivity contribution in [2.75, 3.05) is 18.5 Å². The molecule has 176 valence electrons. The molecule has 0 spiro atoms. The minimum Gasteiger partial charge on any atom is -0.484 e. The molecule has 0 aromatic heterocycles. The Morgan fingerprint density at radius 3 is 2.59 bits per heavy atom. The Bertz CT molecular complexity index is 1160. The Hall–Kier alpha value is -3.31. The van der Waals surface area contributed by atoms with Gasteiger partial charge in [-0.1, -0.05) is 67.9 Å². The largest absolute Gasteiger partial charge is 0.484 e. The zero-order valence-corrected chi connectivity index (χ0v) is 20.2. The summed E-state index contributed by atoms with van der Waals surface area (Å²) in [6.07, 6.45) is 1.30. The van der Waals surface area contributed by atoms with E-state index in [2.05, 4.69) is 31.3 Å². The maximum Gasteiger partial charge on any atom is 0.262 e. The molecule has 3 aromatic carbocycles. The van der Waals surface area contributed by atoms with Gasteiger partial charge in [0, 0.05) is 23.7 Å². The lowest BCUT2D eigenvalue weighted by molar-refractivity contribution is -0.134. The molecule has 0 saturated carbocycles. The lowest BCUT2D eigenvalue weighted by atomic mass is 9.87. The summed E-state index contributed by atoms with van der Waals surface area (Å²) in [5.41, 5.74) is 3.92. The van der Waals surface area contributed by atoms with Crippen LogP contribution in [0.4, 0.5) is 5.69 Å². The summed E-state index contributed by atoms with van der Waals surface area (Å²) < 4.78 is 5.83. The van der Waals surface area contributed by atoms with E-state index in [-0.39, 0.29) is 30.4 Å². The molecule has 4 rings (SSSR count). The van der Waals surface area contributed by atoms with Crippen molar-refractivity contribution < 1.29 is 14.3 Å². The molecule has 2 amide bonds. The first-order chi connectivity index (χ1) is 16.4. The highest BCUT2D eigenvalue weighted by Gasteiger charge is 2.32. The molecular weight excluding hydrogens is 448 g/mol. The zero-order chi connectivity index (χ0) is 24.1. The minimum absolute atomic E-state index is 0.128. The molecule has 6 heteroatoms. The van der Waals surface area contributed by atoms with Crippen LogP contribution in [0.1, 0.15) is 43.0 Å². The second-order valence-electron chi connectivity index (χ2n) is 8.96. The van der Waals surface area contributed by atoms with Gasteiger partial charge in [0.2, 0.25) is 5.91 Å². The zero-order valence-electron chi connectivity index (χ0n) is 19.5. The fourth-order valence-electron chi connectivity index (χ4n) is 4.33. The van der Waals surface area contributed by atoms with Crippen molar-refractivity contribution >= 4 is 29.1 Å². The quantitative estimate of drug-likeness (QED) is 0.463. The van der Waals surface area contributed by atoms with Gasteiger partial charge in [-0.3, -0.25) is 9.59 Å². The third-order valence-corrected chi connectivity index (χ3v) is 6.08. The van der Waals surface area contributed by atoms with Crippen LogP contribution in [0.2, 0.25) is 5.02 Å². The van der Waals surface area contributed by atoms with Crippen molar-refractivity contribution in [2.24, 2.45) is 5.92 Å². The van der Waals surface area contributed by atoms with E-state index >= 15 is 0 Å². The van der Waals surface area contributed by atoms with Crippen LogP contribution < -0.4 is 10.1 Å². The molecule has 0 fully saturated rings. The maximum absolute atomic E-state index is 13.1. The van der Waals surface area contributed by atoms with Crippen LogP contribution in [-0.2, 0) is 16.0 Å². The number of carbonyl (C=O) groups excluding carboxylic acids is 2. The molecule has 5 nitrogen and oxygen atoms in total. The highest BCUT2D eigenvalue weighted by atomic mass is 35.5. The lowest BCUT2D eigenvalue weighted by Crippen LogP contribution is -2.41. The number of nitrogens with one attached hydrogen (secondary N) is 1. The van der Waals surface area contributed by atoms with E-state index in [0.717, 1.165) is 17.5 Å². The van der Waals surface area contributed by atoms with Crippen LogP contribution in [0.5, 0.6) is 5.75 Å². The van der Waals surface area contributed by atoms with E-state index in [1.165, 1.54) is 5.56 Å². The molecule has 0 aliphatic carbocycles. The summed E-state index contributed by atoms with van der Waals surface area (Å²) in [5, 5.41) is 3.34. The minimum atomic E-state index is -0.270. The van der Waals surface area contributed by atoms with E-state index < -0.39 is 0 Å². The number of ether oxygens (including phenoxy) is 1. The van der Waals surface area contributed by atoms with Crippen LogP contribution in [0, 0.1) is 5.92 Å². The Morgan fingerprint density at radius 1 is 1.06 bits per heavy atom. The van der Waals surface area contributed by atoms with Gasteiger partial charge < -0.3 is 15.0 Å². The SMILES string of the molecule is CC(C)CC(=O)N1CCc2ccc(OCC(=O)Nc3cccc(Cl)c3)cc2C1c1ccccc1. The van der Waals surface area contributed by atoms with Gasteiger partial charge in [-0.2, -0.15) is 0 Å². The standard InChI is InChI=1S/C28H29ClN2O3/c1-19(2)15-27(33)31-14-13-20-11-12-24(17-25(20)28(31)21-7-4-3-5-8-21)34-18-26(32)30-23-10-6-9-22(29)16-23/h3-12,16-17,19,28H,13-15,18H2,1-2H3,(H,30,32). The van der Waals surface area contributed by atoms with E-state index in [4.69, 9.17) is 16.3 Å². The first kappa shape index (κ1) is 23.8. The maximum atomic E-state index is 13.1. The third-order valence-electron chi connectivity index (χ3n) is 5.84. The van der Waals surface area contributed by atoms with Gasteiger partial charge in [-0.25, -0.2) is 0 Å². The van der Waals surface area contributed by atoms with Crippen molar-refractivity contribution in [3.05, 3.63) is 94.5 Å². The smallest absolute Gasteiger partial charge is 0.262 e. The predicted molar refractivity (Wildman–Crippen MR) is 135 cm³/mol. The molecule has 1 heterocycles. The van der Waals surface area contributed by atoms with Crippen LogP contribution in [0.3, 0.4) is 0 Å². The van der Waals surface area contributed by atoms with Crippen molar-refractivity contribution in [2.45, 2.75) is 32.7 Å². The third kappa shape index (κ3) is 5.78. The van der Waals surface area contributed by atoms with E-state index in [9.17, 15) is 9.59 Å². The molecule has 0 bridgehead atoms. The van der Waals surface area contributed by atoms with Crippen LogP contribution in [0.15, 0.2) is 72.8 Å². The Labute approximate surface area is 205 Å². The number of amides is 2. The molecule has 0 saturated heterocycles. The average molecular weight is 477 g/mol. The van der Waals surface area contributed by atoms with E-state index in [1.54, 1.807) is 24.3 Å². The molecule has 1 unspecified atom stereocenters. The molecular formula is C28H29ClN2O3. The summed E-state index contributed by atoms with van der Waals surface area (Å²) in [5.74, 6) is 0.770. The van der Waals surface area contributed by atoms with Crippen molar-refractivity contribution in [3.63, 3.8) is 0 Å². The molecule has 1 atom stereocenters. The van der Waals surface area contributed by atoms with Crippen LogP contribution in [0.25, 0.3) is 0 Å². The van der Waals surface area contributed by atoms with Crippen LogP contribution >= 0.6 is 11.6 Å². The van der Waals surface area contributed by atoms with E-state index in [0.29, 0.717) is 29.4 Å². The summed E-state index contributed by atoms with van der Waals surface area (Å²) in [6, 6.07) is 22.8. The number of hydrogen-bond donors (Lipinski definition) is 1. The van der Waals surface area contributed by atoms with Gasteiger partial charge in [0.15, 0.2) is 6.61 Å². The molecule has 34 heavy (non-hydrogen) atoms. The number of carbonyl (C=O) groups is 2. The molecule has 1 N–H and O–H groups in total. The second-order valence-corrected chi connectivity index (χ2v) is 9.39. The number of benzene rings is 3. The van der Waals surface area contributed by atoms with Gasteiger partial charge >= 0.3 is 0 Å². The Balaban J connectivity index is 1.55. The summed E-state index contributed by atoms with van der Waals surface area (Å²) in [7, 11) is 0. The van der Waals surface area contributed by atoms with Gasteiger partial charge in [0.1, 0.15) is 5.75 Å². The van der Waals surface area contributed by atoms with Gasteiger partial charge in [0.05, 0.1) is 6.04 Å². The molecule has 0 radical (unpaired) electrons. The number of nitrogens with zero attached hydrogens (tertiary/aromatic N) is 1. The molecule has 1 aliphatic heterocycles. The number of halogens is 1. The van der Waals surface area contributed by atoms with Crippen molar-refractivity contribution in [1.29, 1.82) is 0 Å². The fraction of sp³-hybridized carbons (Fsp3) is 0.286. The average Bonchev–Trinajstić information content (AvgIpc) is 2.82. The topological polar surface area (TPSA) is 58.6 Å².